The maximum atomic E-state index is 6.32. The smallest absolute Gasteiger partial charge is 0.179 e. The summed E-state index contributed by atoms with van der Waals surface area (Å²) in [6, 6.07) is 3.93. The van der Waals surface area contributed by atoms with Gasteiger partial charge in [0, 0.05) is 19.6 Å². The Labute approximate surface area is 162 Å². The molecule has 0 spiro atoms. The van der Waals surface area contributed by atoms with Crippen molar-refractivity contribution in [1.29, 1.82) is 0 Å². The van der Waals surface area contributed by atoms with Crippen molar-refractivity contribution in [3.63, 3.8) is 0 Å². The molecule has 1 aliphatic heterocycles. The molecule has 1 fully saturated rings. The Morgan fingerprint density at radius 2 is 1.96 bits per heavy atom. The van der Waals surface area contributed by atoms with Crippen LogP contribution < -0.4 is 14.8 Å². The Hall–Kier alpha value is -1.01. The zero-order valence-electron chi connectivity index (χ0n) is 16.5. The zero-order chi connectivity index (χ0) is 18.9. The molecule has 1 heterocycles. The molecule has 2 unspecified atom stereocenters. The standard InChI is InChI=1S/C20H33ClN2O3/c1-5-25-20-18(21)10-17(11-19(20)24-4)12-22-8-6-7-9-23-13-15(2)26-16(3)14-23/h10-11,15-16,22H,5-9,12-14H2,1-4H3. The Morgan fingerprint density at radius 1 is 1.23 bits per heavy atom. The normalized spacial score (nSPS) is 21.0. The SMILES string of the molecule is CCOc1c(Cl)cc(CNCCCCN2CC(C)OC(C)C2)cc1OC. The fraction of sp³-hybridized carbons (Fsp3) is 0.700. The summed E-state index contributed by atoms with van der Waals surface area (Å²) in [6.07, 6.45) is 3.04. The number of nitrogens with zero attached hydrogens (tertiary/aromatic N) is 1. The number of rotatable bonds is 10. The predicted octanol–water partition coefficient (Wildman–Crippen LogP) is 3.73. The predicted molar refractivity (Wildman–Crippen MR) is 107 cm³/mol. The van der Waals surface area contributed by atoms with E-state index in [9.17, 15) is 0 Å². The van der Waals surface area contributed by atoms with Crippen LogP contribution in [-0.2, 0) is 11.3 Å². The van der Waals surface area contributed by atoms with Crippen LogP contribution in [0.15, 0.2) is 12.1 Å². The van der Waals surface area contributed by atoms with Crippen LogP contribution in [0.3, 0.4) is 0 Å². The molecule has 6 heteroatoms. The second kappa shape index (κ2) is 11.0. The first-order chi connectivity index (χ1) is 12.5. The van der Waals surface area contributed by atoms with Gasteiger partial charge in [0.15, 0.2) is 11.5 Å². The lowest BCUT2D eigenvalue weighted by Gasteiger charge is -2.35. The second-order valence-electron chi connectivity index (χ2n) is 6.94. The summed E-state index contributed by atoms with van der Waals surface area (Å²) in [5, 5.41) is 4.08. The van der Waals surface area contributed by atoms with Crippen molar-refractivity contribution in [2.24, 2.45) is 0 Å². The Bertz CT molecular complexity index is 546. The topological polar surface area (TPSA) is 43.0 Å². The third kappa shape index (κ3) is 6.62. The minimum absolute atomic E-state index is 0.344. The minimum Gasteiger partial charge on any atom is -0.493 e. The van der Waals surface area contributed by atoms with Gasteiger partial charge in [-0.3, -0.25) is 4.90 Å². The number of halogens is 1. The van der Waals surface area contributed by atoms with E-state index in [2.05, 4.69) is 24.1 Å². The number of nitrogens with one attached hydrogen (secondary N) is 1. The number of hydrogen-bond donors (Lipinski definition) is 1. The molecule has 0 bridgehead atoms. The first kappa shape index (κ1) is 21.3. The van der Waals surface area contributed by atoms with Crippen molar-refractivity contribution in [3.8, 4) is 11.5 Å². The molecule has 0 aromatic heterocycles. The first-order valence-corrected chi connectivity index (χ1v) is 9.99. The van der Waals surface area contributed by atoms with Crippen molar-refractivity contribution in [3.05, 3.63) is 22.7 Å². The molecule has 2 atom stereocenters. The summed E-state index contributed by atoms with van der Waals surface area (Å²) in [5.41, 5.74) is 1.10. The lowest BCUT2D eigenvalue weighted by molar-refractivity contribution is -0.0681. The molecule has 1 aliphatic rings. The van der Waals surface area contributed by atoms with E-state index >= 15 is 0 Å². The Balaban J connectivity index is 1.69. The lowest BCUT2D eigenvalue weighted by Crippen LogP contribution is -2.45. The van der Waals surface area contributed by atoms with Crippen molar-refractivity contribution in [1.82, 2.24) is 10.2 Å². The van der Waals surface area contributed by atoms with Gasteiger partial charge < -0.3 is 19.5 Å². The summed E-state index contributed by atoms with van der Waals surface area (Å²) < 4.78 is 16.7. The fourth-order valence-corrected chi connectivity index (χ4v) is 3.73. The maximum Gasteiger partial charge on any atom is 0.179 e. The largest absolute Gasteiger partial charge is 0.493 e. The highest BCUT2D eigenvalue weighted by Crippen LogP contribution is 2.36. The molecule has 0 radical (unpaired) electrons. The molecule has 5 nitrogen and oxygen atoms in total. The first-order valence-electron chi connectivity index (χ1n) is 9.61. The van der Waals surface area contributed by atoms with Crippen molar-refractivity contribution in [2.45, 2.75) is 52.4 Å². The molecular weight excluding hydrogens is 352 g/mol. The zero-order valence-corrected chi connectivity index (χ0v) is 17.3. The minimum atomic E-state index is 0.344. The molecule has 1 aromatic rings. The van der Waals surface area contributed by atoms with Crippen LogP contribution in [0.4, 0.5) is 0 Å². The summed E-state index contributed by atoms with van der Waals surface area (Å²) >= 11 is 6.32. The van der Waals surface area contributed by atoms with Crippen molar-refractivity contribution in [2.75, 3.05) is 39.9 Å². The van der Waals surface area contributed by atoms with Crippen LogP contribution >= 0.6 is 11.6 Å². The highest BCUT2D eigenvalue weighted by atomic mass is 35.5. The monoisotopic (exact) mass is 384 g/mol. The van der Waals surface area contributed by atoms with Gasteiger partial charge in [-0.2, -0.15) is 0 Å². The summed E-state index contributed by atoms with van der Waals surface area (Å²) in [5.74, 6) is 1.31. The van der Waals surface area contributed by atoms with Gasteiger partial charge in [-0.05, 0) is 64.4 Å². The van der Waals surface area contributed by atoms with E-state index in [1.165, 1.54) is 6.42 Å². The summed E-state index contributed by atoms with van der Waals surface area (Å²) in [7, 11) is 1.64. The van der Waals surface area contributed by atoms with Gasteiger partial charge in [0.2, 0.25) is 0 Å². The quantitative estimate of drug-likeness (QED) is 0.622. The number of morpholine rings is 1. The second-order valence-corrected chi connectivity index (χ2v) is 7.35. The molecule has 0 amide bonds. The highest BCUT2D eigenvalue weighted by molar-refractivity contribution is 6.32. The molecule has 0 aliphatic carbocycles. The third-order valence-corrected chi connectivity index (χ3v) is 4.76. The number of benzene rings is 1. The van der Waals surface area contributed by atoms with Crippen LogP contribution in [0.2, 0.25) is 5.02 Å². The van der Waals surface area contributed by atoms with Gasteiger partial charge in [-0.15, -0.1) is 0 Å². The van der Waals surface area contributed by atoms with Gasteiger partial charge in [0.05, 0.1) is 30.9 Å². The third-order valence-electron chi connectivity index (χ3n) is 4.48. The van der Waals surface area contributed by atoms with Crippen molar-refractivity contribution < 1.29 is 14.2 Å². The van der Waals surface area contributed by atoms with E-state index in [0.717, 1.165) is 44.7 Å². The van der Waals surface area contributed by atoms with E-state index in [1.54, 1.807) is 7.11 Å². The van der Waals surface area contributed by atoms with E-state index in [0.29, 0.717) is 35.3 Å². The van der Waals surface area contributed by atoms with E-state index in [-0.39, 0.29) is 0 Å². The molecule has 1 saturated heterocycles. The summed E-state index contributed by atoms with van der Waals surface area (Å²) in [4.78, 5) is 2.51. The molecule has 26 heavy (non-hydrogen) atoms. The van der Waals surface area contributed by atoms with Crippen LogP contribution in [0, 0.1) is 0 Å². The lowest BCUT2D eigenvalue weighted by atomic mass is 10.2. The fourth-order valence-electron chi connectivity index (χ4n) is 3.44. The Kier molecular flexibility index (Phi) is 8.99. The van der Waals surface area contributed by atoms with E-state index in [1.807, 2.05) is 19.1 Å². The number of unbranched alkanes of at least 4 members (excludes halogenated alkanes) is 1. The average Bonchev–Trinajstić information content (AvgIpc) is 2.59. The highest BCUT2D eigenvalue weighted by Gasteiger charge is 2.21. The van der Waals surface area contributed by atoms with Crippen LogP contribution in [0.25, 0.3) is 0 Å². The van der Waals surface area contributed by atoms with E-state index < -0.39 is 0 Å². The van der Waals surface area contributed by atoms with Gasteiger partial charge in [0.25, 0.3) is 0 Å². The van der Waals surface area contributed by atoms with E-state index in [4.69, 9.17) is 25.8 Å². The molecule has 0 saturated carbocycles. The van der Waals surface area contributed by atoms with Gasteiger partial charge in [-0.25, -0.2) is 0 Å². The number of methoxy groups -OCH3 is 1. The molecule has 1 N–H and O–H groups in total. The average molecular weight is 385 g/mol. The molecule has 1 aromatic carbocycles. The van der Waals surface area contributed by atoms with Crippen LogP contribution in [-0.4, -0.2) is 57.0 Å². The van der Waals surface area contributed by atoms with Gasteiger partial charge in [0.1, 0.15) is 0 Å². The van der Waals surface area contributed by atoms with Crippen LogP contribution in [0.1, 0.15) is 39.2 Å². The molecule has 148 valence electrons. The maximum absolute atomic E-state index is 6.32. The van der Waals surface area contributed by atoms with Gasteiger partial charge in [-0.1, -0.05) is 11.6 Å². The van der Waals surface area contributed by atoms with Crippen molar-refractivity contribution >= 4 is 11.6 Å². The molecular formula is C20H33ClN2O3. The number of ether oxygens (including phenoxy) is 3. The van der Waals surface area contributed by atoms with Crippen LogP contribution in [0.5, 0.6) is 11.5 Å². The molecule has 2 rings (SSSR count). The van der Waals surface area contributed by atoms with Gasteiger partial charge >= 0.3 is 0 Å². The Morgan fingerprint density at radius 3 is 2.62 bits per heavy atom. The summed E-state index contributed by atoms with van der Waals surface area (Å²) in [6.45, 7) is 11.8. The number of hydrogen-bond acceptors (Lipinski definition) is 5.